The molecule has 0 fully saturated rings. The highest BCUT2D eigenvalue weighted by Gasteiger charge is 2.36. The average molecular weight is 385 g/mol. The first-order chi connectivity index (χ1) is 14.1. The van der Waals surface area contributed by atoms with Gasteiger partial charge in [0.1, 0.15) is 6.17 Å². The van der Waals surface area contributed by atoms with Crippen LogP contribution in [0.4, 0.5) is 11.4 Å². The molecule has 3 heteroatoms. The molecule has 3 aromatic rings. The highest BCUT2D eigenvalue weighted by atomic mass is 16.1. The molecule has 0 saturated heterocycles. The second kappa shape index (κ2) is 8.52. The number of amides is 1. The van der Waals surface area contributed by atoms with Gasteiger partial charge in [-0.25, -0.2) is 0 Å². The Morgan fingerprint density at radius 3 is 2.03 bits per heavy atom. The van der Waals surface area contributed by atoms with Crippen LogP contribution in [-0.2, 0) is 11.2 Å². The van der Waals surface area contributed by atoms with Crippen LogP contribution in [0.5, 0.6) is 0 Å². The molecule has 0 spiro atoms. The van der Waals surface area contributed by atoms with E-state index >= 15 is 0 Å². The standard InChI is InChI=1S/C26H28N2O/c1-19-24-16-10-9-11-21(24)17-18-25(19)26(27-20(2)29)28(22-12-5-3-6-13-22)23-14-7-4-8-15-23/h3-16,19,25-26H,17-18H2,1-2H3,(H,27,29). The van der Waals surface area contributed by atoms with Crippen molar-refractivity contribution in [3.05, 3.63) is 96.1 Å². The highest BCUT2D eigenvalue weighted by Crippen LogP contribution is 2.41. The predicted molar refractivity (Wildman–Crippen MR) is 119 cm³/mol. The molecule has 148 valence electrons. The van der Waals surface area contributed by atoms with E-state index in [1.807, 2.05) is 12.1 Å². The quantitative estimate of drug-likeness (QED) is 0.576. The number of nitrogens with one attached hydrogen (secondary N) is 1. The van der Waals surface area contributed by atoms with E-state index in [2.05, 4.69) is 89.9 Å². The molecule has 1 N–H and O–H groups in total. The van der Waals surface area contributed by atoms with Crippen molar-refractivity contribution in [2.75, 3.05) is 4.90 Å². The van der Waals surface area contributed by atoms with Crippen molar-refractivity contribution < 1.29 is 4.79 Å². The molecule has 0 saturated carbocycles. The van der Waals surface area contributed by atoms with Gasteiger partial charge < -0.3 is 10.2 Å². The summed E-state index contributed by atoms with van der Waals surface area (Å²) in [5.41, 5.74) is 5.01. The first-order valence-electron chi connectivity index (χ1n) is 10.4. The number of fused-ring (bicyclic) bond motifs is 1. The smallest absolute Gasteiger partial charge is 0.218 e. The van der Waals surface area contributed by atoms with Gasteiger partial charge in [-0.3, -0.25) is 4.79 Å². The molecule has 29 heavy (non-hydrogen) atoms. The minimum absolute atomic E-state index is 0.00193. The fourth-order valence-electron chi connectivity index (χ4n) is 4.66. The summed E-state index contributed by atoms with van der Waals surface area (Å²) in [6.45, 7) is 3.91. The number of carbonyl (C=O) groups excluding carboxylic acids is 1. The molecule has 4 rings (SSSR count). The van der Waals surface area contributed by atoms with Gasteiger partial charge in [0.15, 0.2) is 0 Å². The molecule has 1 aliphatic carbocycles. The maximum absolute atomic E-state index is 12.3. The molecule has 3 atom stereocenters. The van der Waals surface area contributed by atoms with Crippen LogP contribution in [0.1, 0.15) is 37.3 Å². The summed E-state index contributed by atoms with van der Waals surface area (Å²) in [5, 5.41) is 3.29. The lowest BCUT2D eigenvalue weighted by molar-refractivity contribution is -0.120. The zero-order chi connectivity index (χ0) is 20.2. The van der Waals surface area contributed by atoms with E-state index in [0.717, 1.165) is 24.2 Å². The Morgan fingerprint density at radius 1 is 0.897 bits per heavy atom. The van der Waals surface area contributed by atoms with Crippen LogP contribution in [0.2, 0.25) is 0 Å². The fraction of sp³-hybridized carbons (Fsp3) is 0.269. The average Bonchev–Trinajstić information content (AvgIpc) is 2.75. The summed E-state index contributed by atoms with van der Waals surface area (Å²) in [6, 6.07) is 29.4. The second-order valence-corrected chi connectivity index (χ2v) is 7.88. The number of para-hydroxylation sites is 2. The van der Waals surface area contributed by atoms with Crippen molar-refractivity contribution in [2.45, 2.75) is 38.8 Å². The van der Waals surface area contributed by atoms with E-state index in [1.54, 1.807) is 6.92 Å². The molecule has 3 nitrogen and oxygen atoms in total. The maximum atomic E-state index is 12.3. The largest absolute Gasteiger partial charge is 0.336 e. The summed E-state index contributed by atoms with van der Waals surface area (Å²) < 4.78 is 0. The molecule has 0 bridgehead atoms. The number of aryl methyl sites for hydroxylation is 1. The van der Waals surface area contributed by atoms with Gasteiger partial charge in [-0.05, 0) is 54.2 Å². The molecule has 1 aliphatic rings. The van der Waals surface area contributed by atoms with Crippen molar-refractivity contribution in [3.8, 4) is 0 Å². The van der Waals surface area contributed by atoms with Crippen molar-refractivity contribution in [1.29, 1.82) is 0 Å². The van der Waals surface area contributed by atoms with Crippen LogP contribution in [0, 0.1) is 5.92 Å². The third-order valence-electron chi connectivity index (χ3n) is 6.04. The van der Waals surface area contributed by atoms with E-state index in [9.17, 15) is 4.79 Å². The normalized spacial score (nSPS) is 19.1. The Hall–Kier alpha value is -3.07. The summed E-state index contributed by atoms with van der Waals surface area (Å²) in [4.78, 5) is 14.6. The number of carbonyl (C=O) groups is 1. The topological polar surface area (TPSA) is 32.3 Å². The van der Waals surface area contributed by atoms with Gasteiger partial charge in [0, 0.05) is 24.2 Å². The van der Waals surface area contributed by atoms with Crippen LogP contribution < -0.4 is 10.2 Å². The molecule has 3 unspecified atom stereocenters. The lowest BCUT2D eigenvalue weighted by atomic mass is 9.74. The number of hydrogen-bond donors (Lipinski definition) is 1. The zero-order valence-corrected chi connectivity index (χ0v) is 17.1. The number of hydrogen-bond acceptors (Lipinski definition) is 2. The summed E-state index contributed by atoms with van der Waals surface area (Å²) in [5.74, 6) is 0.652. The van der Waals surface area contributed by atoms with Gasteiger partial charge in [-0.1, -0.05) is 67.6 Å². The van der Waals surface area contributed by atoms with Crippen molar-refractivity contribution in [3.63, 3.8) is 0 Å². The van der Waals surface area contributed by atoms with Gasteiger partial charge in [0.05, 0.1) is 0 Å². The Bertz CT molecular complexity index is 915. The van der Waals surface area contributed by atoms with Gasteiger partial charge in [0.2, 0.25) is 5.91 Å². The highest BCUT2D eigenvalue weighted by molar-refractivity contribution is 5.75. The Balaban J connectivity index is 1.79. The summed E-state index contributed by atoms with van der Waals surface area (Å²) in [7, 11) is 0. The number of anilines is 2. The molecule has 0 heterocycles. The summed E-state index contributed by atoms with van der Waals surface area (Å²) >= 11 is 0. The monoisotopic (exact) mass is 384 g/mol. The maximum Gasteiger partial charge on any atom is 0.218 e. The lowest BCUT2D eigenvalue weighted by Crippen LogP contribution is -2.52. The van der Waals surface area contributed by atoms with E-state index in [-0.39, 0.29) is 12.1 Å². The SMILES string of the molecule is CC(=O)NC(C1CCc2ccccc2C1C)N(c1ccccc1)c1ccccc1. The van der Waals surface area contributed by atoms with Crippen molar-refractivity contribution >= 4 is 17.3 Å². The molecule has 1 amide bonds. The zero-order valence-electron chi connectivity index (χ0n) is 17.1. The lowest BCUT2D eigenvalue weighted by Gasteiger charge is -2.43. The Kier molecular flexibility index (Phi) is 5.66. The molecular formula is C26H28N2O. The van der Waals surface area contributed by atoms with Crippen LogP contribution >= 0.6 is 0 Å². The van der Waals surface area contributed by atoms with Crippen molar-refractivity contribution in [2.24, 2.45) is 5.92 Å². The molecule has 3 aromatic carbocycles. The minimum Gasteiger partial charge on any atom is -0.336 e. The van der Waals surface area contributed by atoms with Gasteiger partial charge in [-0.15, -0.1) is 0 Å². The van der Waals surface area contributed by atoms with Crippen molar-refractivity contribution in [1.82, 2.24) is 5.32 Å². The first-order valence-corrected chi connectivity index (χ1v) is 10.4. The predicted octanol–water partition coefficient (Wildman–Crippen LogP) is 5.65. The van der Waals surface area contributed by atoms with Crippen LogP contribution in [0.15, 0.2) is 84.9 Å². The van der Waals surface area contributed by atoms with Crippen LogP contribution in [0.3, 0.4) is 0 Å². The van der Waals surface area contributed by atoms with E-state index in [4.69, 9.17) is 0 Å². The fourth-order valence-corrected chi connectivity index (χ4v) is 4.66. The Morgan fingerprint density at radius 2 is 1.45 bits per heavy atom. The van der Waals surface area contributed by atoms with Crippen LogP contribution in [0.25, 0.3) is 0 Å². The van der Waals surface area contributed by atoms with Gasteiger partial charge >= 0.3 is 0 Å². The number of rotatable bonds is 5. The van der Waals surface area contributed by atoms with Gasteiger partial charge in [-0.2, -0.15) is 0 Å². The third-order valence-corrected chi connectivity index (χ3v) is 6.04. The molecule has 0 radical (unpaired) electrons. The Labute approximate surface area is 173 Å². The molecule has 0 aliphatic heterocycles. The summed E-state index contributed by atoms with van der Waals surface area (Å²) in [6.07, 6.45) is 1.96. The molecular weight excluding hydrogens is 356 g/mol. The van der Waals surface area contributed by atoms with E-state index < -0.39 is 0 Å². The minimum atomic E-state index is -0.124. The number of nitrogens with zero attached hydrogens (tertiary/aromatic N) is 1. The third kappa shape index (κ3) is 4.04. The molecule has 0 aromatic heterocycles. The second-order valence-electron chi connectivity index (χ2n) is 7.88. The number of benzene rings is 3. The van der Waals surface area contributed by atoms with E-state index in [0.29, 0.717) is 11.8 Å². The van der Waals surface area contributed by atoms with Gasteiger partial charge in [0.25, 0.3) is 0 Å². The van der Waals surface area contributed by atoms with Crippen LogP contribution in [-0.4, -0.2) is 12.1 Å². The first kappa shape index (κ1) is 19.3. The van der Waals surface area contributed by atoms with E-state index in [1.165, 1.54) is 11.1 Å².